The zero-order valence-corrected chi connectivity index (χ0v) is 19.1. The lowest BCUT2D eigenvalue weighted by Crippen LogP contribution is -1.88. The third-order valence-electron chi connectivity index (χ3n) is 5.42. The highest BCUT2D eigenvalue weighted by Crippen LogP contribution is 2.28. The molecule has 1 heterocycles. The van der Waals surface area contributed by atoms with Crippen LogP contribution < -0.4 is 0 Å². The Morgan fingerprint density at radius 1 is 0.676 bits per heavy atom. The van der Waals surface area contributed by atoms with E-state index in [0.717, 1.165) is 16.7 Å². The van der Waals surface area contributed by atoms with Crippen LogP contribution in [0.15, 0.2) is 105 Å². The Morgan fingerprint density at radius 3 is 1.73 bits per heavy atom. The molecule has 10 heteroatoms. The Kier molecular flexibility index (Phi) is 6.28. The molecule has 0 N–H and O–H groups in total. The molecule has 0 bridgehead atoms. The average molecular weight is 491 g/mol. The topological polar surface area (TPSA) is 137 Å². The second-order valence-electron chi connectivity index (χ2n) is 7.93. The molecule has 0 atom stereocenters. The first-order chi connectivity index (χ1) is 17.9. The van der Waals surface area contributed by atoms with Gasteiger partial charge in [0.15, 0.2) is 5.58 Å². The summed E-state index contributed by atoms with van der Waals surface area (Å²) in [5.74, 6) is 0.456. The van der Waals surface area contributed by atoms with Crippen molar-refractivity contribution in [3.8, 4) is 11.5 Å². The number of aromatic nitrogens is 1. The van der Waals surface area contributed by atoms with Crippen LogP contribution in [0.3, 0.4) is 0 Å². The number of fused-ring (bicyclic) bond motifs is 1. The summed E-state index contributed by atoms with van der Waals surface area (Å²) in [6, 6.07) is 25.0. The van der Waals surface area contributed by atoms with Gasteiger partial charge in [-0.05, 0) is 77.9 Å². The van der Waals surface area contributed by atoms with E-state index >= 15 is 0 Å². The first-order valence-electron chi connectivity index (χ1n) is 11.0. The molecule has 1 aromatic heterocycles. The number of benzene rings is 4. The van der Waals surface area contributed by atoms with Gasteiger partial charge >= 0.3 is 0 Å². The molecule has 0 aliphatic carbocycles. The van der Waals surface area contributed by atoms with Gasteiger partial charge in [-0.25, -0.2) is 4.98 Å². The lowest BCUT2D eigenvalue weighted by atomic mass is 10.2. The van der Waals surface area contributed by atoms with Crippen molar-refractivity contribution in [2.75, 3.05) is 0 Å². The molecule has 0 radical (unpaired) electrons. The molecule has 0 aliphatic rings. The van der Waals surface area contributed by atoms with Gasteiger partial charge in [-0.1, -0.05) is 0 Å². The second kappa shape index (κ2) is 10.0. The minimum absolute atomic E-state index is 0.0259. The largest absolute Gasteiger partial charge is 0.436 e. The van der Waals surface area contributed by atoms with E-state index in [1.807, 2.05) is 24.3 Å². The van der Waals surface area contributed by atoms with E-state index in [9.17, 15) is 20.2 Å². The summed E-state index contributed by atoms with van der Waals surface area (Å²) in [5, 5.41) is 21.5. The van der Waals surface area contributed by atoms with Crippen LogP contribution in [0.4, 0.5) is 22.7 Å². The van der Waals surface area contributed by atoms with Crippen LogP contribution in [-0.2, 0) is 0 Å². The molecule has 4 aromatic carbocycles. The molecule has 10 nitrogen and oxygen atoms in total. The molecule has 180 valence electrons. The molecule has 0 fully saturated rings. The minimum Gasteiger partial charge on any atom is -0.436 e. The molecular weight excluding hydrogens is 474 g/mol. The predicted molar refractivity (Wildman–Crippen MR) is 140 cm³/mol. The van der Waals surface area contributed by atoms with Crippen molar-refractivity contribution in [1.82, 2.24) is 4.98 Å². The SMILES string of the molecule is O=[N+]([O-])c1ccc(C=Nc2ccc(-c3nc4cc(N=Cc5ccc([N+](=O)[O-])cc5)ccc4o3)cc2)cc1. The van der Waals surface area contributed by atoms with Crippen molar-refractivity contribution >= 4 is 46.3 Å². The Morgan fingerprint density at radius 2 is 1.19 bits per heavy atom. The van der Waals surface area contributed by atoms with Crippen molar-refractivity contribution < 1.29 is 14.3 Å². The summed E-state index contributed by atoms with van der Waals surface area (Å²) in [7, 11) is 0. The molecule has 0 aliphatic heterocycles. The fraction of sp³-hybridized carbons (Fsp3) is 0. The Bertz CT molecular complexity index is 1660. The van der Waals surface area contributed by atoms with E-state index in [1.165, 1.54) is 24.3 Å². The molecule has 37 heavy (non-hydrogen) atoms. The summed E-state index contributed by atoms with van der Waals surface area (Å²) in [4.78, 5) is 34.0. The minimum atomic E-state index is -0.445. The van der Waals surface area contributed by atoms with E-state index in [4.69, 9.17) is 4.42 Å². The van der Waals surface area contributed by atoms with Crippen LogP contribution in [0.5, 0.6) is 0 Å². The average Bonchev–Trinajstić information content (AvgIpc) is 3.35. The van der Waals surface area contributed by atoms with Crippen LogP contribution in [-0.4, -0.2) is 27.3 Å². The smallest absolute Gasteiger partial charge is 0.269 e. The van der Waals surface area contributed by atoms with Gasteiger partial charge in [0.05, 0.1) is 21.2 Å². The Balaban J connectivity index is 1.29. The zero-order valence-electron chi connectivity index (χ0n) is 19.1. The molecule has 5 rings (SSSR count). The highest BCUT2D eigenvalue weighted by molar-refractivity contribution is 5.85. The summed E-state index contributed by atoms with van der Waals surface area (Å²) >= 11 is 0. The standard InChI is InChI=1S/C27H17N5O5/c33-31(34)23-10-1-18(2-11-23)16-28-21-7-5-20(6-8-21)27-30-25-15-22(9-14-26(25)37-27)29-17-19-3-12-24(13-4-19)32(35)36/h1-17H. The first-order valence-corrected chi connectivity index (χ1v) is 11.0. The summed E-state index contributed by atoms with van der Waals surface area (Å²) in [6.45, 7) is 0. The molecule has 5 aromatic rings. The number of aliphatic imine (C=N–C) groups is 2. The molecule has 0 spiro atoms. The Hall–Kier alpha value is -5.51. The van der Waals surface area contributed by atoms with E-state index in [1.54, 1.807) is 54.9 Å². The van der Waals surface area contributed by atoms with Crippen LogP contribution in [0.2, 0.25) is 0 Å². The number of nitro groups is 2. The van der Waals surface area contributed by atoms with Crippen molar-refractivity contribution in [2.24, 2.45) is 9.98 Å². The van der Waals surface area contributed by atoms with Crippen molar-refractivity contribution in [1.29, 1.82) is 0 Å². The maximum Gasteiger partial charge on any atom is 0.269 e. The van der Waals surface area contributed by atoms with Gasteiger partial charge < -0.3 is 4.42 Å². The molecule has 0 amide bonds. The normalized spacial score (nSPS) is 11.5. The number of hydrogen-bond donors (Lipinski definition) is 0. The van der Waals surface area contributed by atoms with E-state index in [0.29, 0.717) is 28.4 Å². The van der Waals surface area contributed by atoms with Crippen LogP contribution in [0.1, 0.15) is 11.1 Å². The molecule has 0 unspecified atom stereocenters. The van der Waals surface area contributed by atoms with Gasteiger partial charge in [-0.2, -0.15) is 0 Å². The lowest BCUT2D eigenvalue weighted by molar-refractivity contribution is -0.385. The third kappa shape index (κ3) is 5.43. The number of nitro benzene ring substituents is 2. The monoisotopic (exact) mass is 491 g/mol. The fourth-order valence-corrected chi connectivity index (χ4v) is 3.47. The highest BCUT2D eigenvalue weighted by Gasteiger charge is 2.09. The molecule has 0 saturated heterocycles. The van der Waals surface area contributed by atoms with Gasteiger partial charge in [0.2, 0.25) is 5.89 Å². The van der Waals surface area contributed by atoms with E-state index in [2.05, 4.69) is 15.0 Å². The summed E-state index contributed by atoms with van der Waals surface area (Å²) in [5.41, 5.74) is 4.96. The number of non-ortho nitro benzene ring substituents is 2. The van der Waals surface area contributed by atoms with Gasteiger partial charge in [0, 0.05) is 42.3 Å². The number of nitrogens with zero attached hydrogens (tertiary/aromatic N) is 5. The number of hydrogen-bond acceptors (Lipinski definition) is 8. The van der Waals surface area contributed by atoms with Gasteiger partial charge in [0.1, 0.15) is 5.52 Å². The predicted octanol–water partition coefficient (Wildman–Crippen LogP) is 6.81. The van der Waals surface area contributed by atoms with Crippen molar-refractivity contribution in [3.05, 3.63) is 122 Å². The fourth-order valence-electron chi connectivity index (χ4n) is 3.47. The second-order valence-corrected chi connectivity index (χ2v) is 7.93. The van der Waals surface area contributed by atoms with Gasteiger partial charge in [0.25, 0.3) is 11.4 Å². The lowest BCUT2D eigenvalue weighted by Gasteiger charge is -1.97. The van der Waals surface area contributed by atoms with Gasteiger partial charge in [-0.15, -0.1) is 0 Å². The van der Waals surface area contributed by atoms with Crippen LogP contribution in [0.25, 0.3) is 22.6 Å². The third-order valence-corrected chi connectivity index (χ3v) is 5.42. The zero-order chi connectivity index (χ0) is 25.8. The highest BCUT2D eigenvalue weighted by atomic mass is 16.6. The van der Waals surface area contributed by atoms with Gasteiger partial charge in [-0.3, -0.25) is 30.2 Å². The summed E-state index contributed by atoms with van der Waals surface area (Å²) < 4.78 is 5.89. The number of rotatable bonds is 7. The van der Waals surface area contributed by atoms with Crippen LogP contribution in [0, 0.1) is 20.2 Å². The Labute approximate surface area is 209 Å². The first kappa shape index (κ1) is 23.2. The number of oxazole rings is 1. The van der Waals surface area contributed by atoms with E-state index < -0.39 is 9.85 Å². The maximum atomic E-state index is 10.8. The van der Waals surface area contributed by atoms with Crippen LogP contribution >= 0.6 is 0 Å². The van der Waals surface area contributed by atoms with Crippen molar-refractivity contribution in [2.45, 2.75) is 0 Å². The molecule has 0 saturated carbocycles. The quantitative estimate of drug-likeness (QED) is 0.139. The molecular formula is C27H17N5O5. The van der Waals surface area contributed by atoms with Crippen molar-refractivity contribution in [3.63, 3.8) is 0 Å². The summed E-state index contributed by atoms with van der Waals surface area (Å²) in [6.07, 6.45) is 3.26. The maximum absolute atomic E-state index is 10.8. The van der Waals surface area contributed by atoms with E-state index in [-0.39, 0.29) is 11.4 Å².